The fourth-order valence-corrected chi connectivity index (χ4v) is 4.93. The molecule has 0 aliphatic carbocycles. The number of hydrogen-bond acceptors (Lipinski definition) is 5. The molecule has 0 bridgehead atoms. The summed E-state index contributed by atoms with van der Waals surface area (Å²) in [7, 11) is -3.80. The number of hydrogen-bond donors (Lipinski definition) is 2. The molecule has 0 spiro atoms. The molecule has 0 aliphatic rings. The first-order valence-corrected chi connectivity index (χ1v) is 11.2. The van der Waals surface area contributed by atoms with Crippen LogP contribution < -0.4 is 10.0 Å². The summed E-state index contributed by atoms with van der Waals surface area (Å²) in [6, 6.07) is 12.3. The molecule has 10 heteroatoms. The first kappa shape index (κ1) is 21.4. The first-order chi connectivity index (χ1) is 13.8. The summed E-state index contributed by atoms with van der Waals surface area (Å²) in [5, 5.41) is 3.14. The highest BCUT2D eigenvalue weighted by atomic mass is 35.5. The quantitative estimate of drug-likeness (QED) is 0.542. The molecule has 0 atom stereocenters. The third kappa shape index (κ3) is 6.07. The number of sulfonamides is 1. The van der Waals surface area contributed by atoms with E-state index >= 15 is 0 Å². The molecule has 0 radical (unpaired) electrons. The standard InChI is InChI=1S/C19H17ClFN3O3S2/c20-16-6-1-2-7-17(16)29(26,27)23-9-8-18(25)24-19-22-12-15(28-19)11-13-4-3-5-14(21)10-13/h1-7,10,12,23H,8-9,11H2,(H,22,24,25). The number of rotatable bonds is 8. The van der Waals surface area contributed by atoms with Gasteiger partial charge in [0.15, 0.2) is 5.13 Å². The number of nitrogens with zero attached hydrogens (tertiary/aromatic N) is 1. The number of carbonyl (C=O) groups is 1. The Hall–Kier alpha value is -2.33. The molecule has 0 aliphatic heterocycles. The minimum absolute atomic E-state index is 0.0380. The van der Waals surface area contributed by atoms with Crippen LogP contribution in [0.5, 0.6) is 0 Å². The largest absolute Gasteiger partial charge is 0.302 e. The third-order valence-electron chi connectivity index (χ3n) is 3.84. The Morgan fingerprint density at radius 1 is 1.17 bits per heavy atom. The second kappa shape index (κ2) is 9.45. The SMILES string of the molecule is O=C(CCNS(=O)(=O)c1ccccc1Cl)Nc1ncc(Cc2cccc(F)c2)s1. The number of anilines is 1. The van der Waals surface area contributed by atoms with Crippen molar-refractivity contribution in [2.75, 3.05) is 11.9 Å². The van der Waals surface area contributed by atoms with E-state index in [2.05, 4.69) is 15.0 Å². The zero-order valence-electron chi connectivity index (χ0n) is 15.1. The highest BCUT2D eigenvalue weighted by Gasteiger charge is 2.17. The summed E-state index contributed by atoms with van der Waals surface area (Å²) in [4.78, 5) is 17.0. The highest BCUT2D eigenvalue weighted by molar-refractivity contribution is 7.89. The van der Waals surface area contributed by atoms with Crippen LogP contribution in [0, 0.1) is 5.82 Å². The van der Waals surface area contributed by atoms with E-state index in [1.807, 2.05) is 6.07 Å². The van der Waals surface area contributed by atoms with Gasteiger partial charge in [-0.1, -0.05) is 35.9 Å². The van der Waals surface area contributed by atoms with E-state index < -0.39 is 10.0 Å². The minimum atomic E-state index is -3.80. The number of thiazole rings is 1. The molecule has 6 nitrogen and oxygen atoms in total. The van der Waals surface area contributed by atoms with Crippen molar-refractivity contribution in [3.63, 3.8) is 0 Å². The number of amides is 1. The molecular formula is C19H17ClFN3O3S2. The zero-order chi connectivity index (χ0) is 20.9. The lowest BCUT2D eigenvalue weighted by Crippen LogP contribution is -2.28. The molecule has 1 aromatic heterocycles. The predicted molar refractivity (Wildman–Crippen MR) is 111 cm³/mol. The van der Waals surface area contributed by atoms with Gasteiger partial charge in [0.25, 0.3) is 0 Å². The van der Waals surface area contributed by atoms with Gasteiger partial charge >= 0.3 is 0 Å². The Labute approximate surface area is 176 Å². The minimum Gasteiger partial charge on any atom is -0.302 e. The normalized spacial score (nSPS) is 11.4. The van der Waals surface area contributed by atoms with Gasteiger partial charge in [-0.15, -0.1) is 11.3 Å². The Morgan fingerprint density at radius 2 is 1.97 bits per heavy atom. The van der Waals surface area contributed by atoms with E-state index in [1.165, 1.54) is 35.6 Å². The molecule has 0 saturated carbocycles. The van der Waals surface area contributed by atoms with Gasteiger partial charge < -0.3 is 5.32 Å². The Kier molecular flexibility index (Phi) is 6.96. The van der Waals surface area contributed by atoms with Crippen LogP contribution in [-0.2, 0) is 21.2 Å². The van der Waals surface area contributed by atoms with Gasteiger partial charge in [0.05, 0.1) is 5.02 Å². The third-order valence-corrected chi connectivity index (χ3v) is 6.71. The molecule has 0 saturated heterocycles. The van der Waals surface area contributed by atoms with Crippen LogP contribution in [0.2, 0.25) is 5.02 Å². The predicted octanol–water partition coefficient (Wildman–Crippen LogP) is 3.83. The van der Waals surface area contributed by atoms with Crippen molar-refractivity contribution in [2.24, 2.45) is 0 Å². The van der Waals surface area contributed by atoms with Crippen LogP contribution in [0.4, 0.5) is 9.52 Å². The number of aromatic nitrogens is 1. The van der Waals surface area contributed by atoms with Crippen molar-refractivity contribution in [1.29, 1.82) is 0 Å². The maximum atomic E-state index is 13.3. The molecule has 152 valence electrons. The van der Waals surface area contributed by atoms with Crippen LogP contribution in [0.1, 0.15) is 16.9 Å². The average molecular weight is 454 g/mol. The van der Waals surface area contributed by atoms with Crippen LogP contribution in [0.15, 0.2) is 59.6 Å². The first-order valence-electron chi connectivity index (χ1n) is 8.57. The summed E-state index contributed by atoms with van der Waals surface area (Å²) < 4.78 is 40.1. The van der Waals surface area contributed by atoms with Crippen molar-refractivity contribution in [2.45, 2.75) is 17.7 Å². The van der Waals surface area contributed by atoms with Crippen LogP contribution >= 0.6 is 22.9 Å². The molecule has 1 amide bonds. The Morgan fingerprint density at radius 3 is 2.72 bits per heavy atom. The van der Waals surface area contributed by atoms with Crippen molar-refractivity contribution < 1.29 is 17.6 Å². The fraction of sp³-hybridized carbons (Fsp3) is 0.158. The van der Waals surface area contributed by atoms with E-state index in [-0.39, 0.29) is 34.6 Å². The van der Waals surface area contributed by atoms with Gasteiger partial charge in [-0.25, -0.2) is 22.5 Å². The van der Waals surface area contributed by atoms with E-state index in [1.54, 1.807) is 24.4 Å². The van der Waals surface area contributed by atoms with E-state index in [9.17, 15) is 17.6 Å². The van der Waals surface area contributed by atoms with Gasteiger partial charge in [-0.2, -0.15) is 0 Å². The number of benzene rings is 2. The summed E-state index contributed by atoms with van der Waals surface area (Å²) in [6.07, 6.45) is 2.05. The molecule has 0 fully saturated rings. The van der Waals surface area contributed by atoms with Crippen molar-refractivity contribution in [3.05, 3.63) is 76.0 Å². The molecule has 3 rings (SSSR count). The van der Waals surface area contributed by atoms with Gasteiger partial charge in [-0.3, -0.25) is 4.79 Å². The van der Waals surface area contributed by atoms with Crippen molar-refractivity contribution in [3.8, 4) is 0 Å². The molecule has 2 N–H and O–H groups in total. The smallest absolute Gasteiger partial charge is 0.242 e. The summed E-state index contributed by atoms with van der Waals surface area (Å²) >= 11 is 7.18. The number of carbonyl (C=O) groups excluding carboxylic acids is 1. The Balaban J connectivity index is 1.50. The highest BCUT2D eigenvalue weighted by Crippen LogP contribution is 2.22. The lowest BCUT2D eigenvalue weighted by Gasteiger charge is -2.08. The molecular weight excluding hydrogens is 437 g/mol. The Bertz CT molecular complexity index is 1120. The van der Waals surface area contributed by atoms with E-state index in [4.69, 9.17) is 11.6 Å². The molecule has 1 heterocycles. The zero-order valence-corrected chi connectivity index (χ0v) is 17.5. The maximum Gasteiger partial charge on any atom is 0.242 e. The van der Waals surface area contributed by atoms with Gasteiger partial charge in [0.1, 0.15) is 10.7 Å². The van der Waals surface area contributed by atoms with Crippen LogP contribution in [-0.4, -0.2) is 25.9 Å². The monoisotopic (exact) mass is 453 g/mol. The van der Waals surface area contributed by atoms with Gasteiger partial charge in [0, 0.05) is 30.5 Å². The fourth-order valence-electron chi connectivity index (χ4n) is 2.52. The van der Waals surface area contributed by atoms with Crippen LogP contribution in [0.3, 0.4) is 0 Å². The number of nitrogens with one attached hydrogen (secondary N) is 2. The van der Waals surface area contributed by atoms with Crippen molar-refractivity contribution in [1.82, 2.24) is 9.71 Å². The van der Waals surface area contributed by atoms with Gasteiger partial charge in [-0.05, 0) is 29.8 Å². The summed E-state index contributed by atoms with van der Waals surface area (Å²) in [5.41, 5.74) is 0.806. The number of halogens is 2. The second-order valence-corrected chi connectivity index (χ2v) is 9.32. The molecule has 0 unspecified atom stereocenters. The topological polar surface area (TPSA) is 88.2 Å². The van der Waals surface area contributed by atoms with Gasteiger partial charge in [0.2, 0.25) is 15.9 Å². The second-order valence-electron chi connectivity index (χ2n) is 6.06. The van der Waals surface area contributed by atoms with E-state index in [0.717, 1.165) is 10.4 Å². The molecule has 2 aromatic carbocycles. The van der Waals surface area contributed by atoms with Crippen LogP contribution in [0.25, 0.3) is 0 Å². The van der Waals surface area contributed by atoms with Crippen molar-refractivity contribution >= 4 is 44.0 Å². The van der Waals surface area contributed by atoms with E-state index in [0.29, 0.717) is 11.6 Å². The summed E-state index contributed by atoms with van der Waals surface area (Å²) in [5.74, 6) is -0.682. The average Bonchev–Trinajstić information content (AvgIpc) is 3.08. The lowest BCUT2D eigenvalue weighted by atomic mass is 10.1. The lowest BCUT2D eigenvalue weighted by molar-refractivity contribution is -0.116. The molecule has 29 heavy (non-hydrogen) atoms. The molecule has 3 aromatic rings. The maximum absolute atomic E-state index is 13.3. The summed E-state index contributed by atoms with van der Waals surface area (Å²) in [6.45, 7) is -0.0824.